The molecule has 15 heavy (non-hydrogen) atoms. The second kappa shape index (κ2) is 6.13. The van der Waals surface area contributed by atoms with Crippen molar-refractivity contribution in [1.29, 1.82) is 0 Å². The van der Waals surface area contributed by atoms with Crippen molar-refractivity contribution in [3.63, 3.8) is 0 Å². The maximum atomic E-state index is 5.53. The Balaban J connectivity index is 2.78. The van der Waals surface area contributed by atoms with Gasteiger partial charge >= 0.3 is 0 Å². The maximum Gasteiger partial charge on any atom is 0.0369 e. The average Bonchev–Trinajstić information content (AvgIpc) is 2.24. The molecule has 2 nitrogen and oxygen atoms in total. The Morgan fingerprint density at radius 1 is 1.40 bits per heavy atom. The topological polar surface area (TPSA) is 29.3 Å². The Morgan fingerprint density at radius 2 is 2.13 bits per heavy atom. The summed E-state index contributed by atoms with van der Waals surface area (Å²) in [5, 5.41) is 0. The summed E-state index contributed by atoms with van der Waals surface area (Å²) < 4.78 is 1.17. The first kappa shape index (κ1) is 12.5. The first-order chi connectivity index (χ1) is 7.19. The highest BCUT2D eigenvalue weighted by Gasteiger charge is 2.04. The van der Waals surface area contributed by atoms with Crippen LogP contribution in [0.2, 0.25) is 0 Å². The Labute approximate surface area is 101 Å². The zero-order valence-electron chi connectivity index (χ0n) is 9.46. The molecule has 3 heteroatoms. The maximum absolute atomic E-state index is 5.53. The highest BCUT2D eigenvalue weighted by atomic mass is 79.9. The van der Waals surface area contributed by atoms with Gasteiger partial charge in [0.1, 0.15) is 0 Å². The van der Waals surface area contributed by atoms with Gasteiger partial charge in [0.05, 0.1) is 0 Å². The monoisotopic (exact) mass is 270 g/mol. The van der Waals surface area contributed by atoms with Crippen molar-refractivity contribution in [3.8, 4) is 0 Å². The normalized spacial score (nSPS) is 10.4. The summed E-state index contributed by atoms with van der Waals surface area (Å²) in [6.07, 6.45) is 1.04. The highest BCUT2D eigenvalue weighted by molar-refractivity contribution is 9.10. The molecule has 0 fully saturated rings. The summed E-state index contributed by atoms with van der Waals surface area (Å²) >= 11 is 3.51. The summed E-state index contributed by atoms with van der Waals surface area (Å²) in [5.74, 6) is 0. The van der Waals surface area contributed by atoms with Gasteiger partial charge in [0.15, 0.2) is 0 Å². The minimum absolute atomic E-state index is 0.756. The summed E-state index contributed by atoms with van der Waals surface area (Å²) in [7, 11) is 0. The number of anilines is 1. The summed E-state index contributed by atoms with van der Waals surface area (Å²) in [5.41, 5.74) is 8.09. The fraction of sp³-hybridized carbons (Fsp3) is 0.500. The van der Waals surface area contributed by atoms with E-state index < -0.39 is 0 Å². The number of hydrogen-bond donors (Lipinski definition) is 1. The number of nitrogens with zero attached hydrogens (tertiary/aromatic N) is 1. The van der Waals surface area contributed by atoms with E-state index in [4.69, 9.17) is 5.73 Å². The fourth-order valence-corrected chi connectivity index (χ4v) is 1.82. The van der Waals surface area contributed by atoms with E-state index in [0.717, 1.165) is 26.1 Å². The third-order valence-corrected chi connectivity index (χ3v) is 3.41. The SMILES string of the molecule is CCN(CCCN)c1ccc(Br)c(C)c1. The second-order valence-electron chi connectivity index (χ2n) is 3.66. The molecule has 1 aromatic rings. The van der Waals surface area contributed by atoms with Crippen molar-refractivity contribution in [3.05, 3.63) is 28.2 Å². The van der Waals surface area contributed by atoms with E-state index >= 15 is 0 Å². The molecule has 0 aliphatic carbocycles. The Morgan fingerprint density at radius 3 is 2.67 bits per heavy atom. The highest BCUT2D eigenvalue weighted by Crippen LogP contribution is 2.22. The van der Waals surface area contributed by atoms with Crippen LogP contribution in [0.1, 0.15) is 18.9 Å². The lowest BCUT2D eigenvalue weighted by Crippen LogP contribution is -2.25. The minimum Gasteiger partial charge on any atom is -0.372 e. The number of benzene rings is 1. The van der Waals surface area contributed by atoms with Crippen LogP contribution in [-0.2, 0) is 0 Å². The number of nitrogens with two attached hydrogens (primary N) is 1. The van der Waals surface area contributed by atoms with Crippen LogP contribution in [0.25, 0.3) is 0 Å². The first-order valence-electron chi connectivity index (χ1n) is 5.40. The molecule has 0 bridgehead atoms. The zero-order valence-corrected chi connectivity index (χ0v) is 11.0. The van der Waals surface area contributed by atoms with Crippen LogP contribution in [0.15, 0.2) is 22.7 Å². The summed E-state index contributed by atoms with van der Waals surface area (Å²) in [4.78, 5) is 2.35. The summed E-state index contributed by atoms with van der Waals surface area (Å²) in [6.45, 7) is 7.11. The number of aryl methyl sites for hydroxylation is 1. The van der Waals surface area contributed by atoms with E-state index in [9.17, 15) is 0 Å². The molecule has 0 aromatic heterocycles. The first-order valence-corrected chi connectivity index (χ1v) is 6.19. The van der Waals surface area contributed by atoms with Crippen molar-refractivity contribution < 1.29 is 0 Å². The molecule has 0 heterocycles. The predicted octanol–water partition coefficient (Wildman–Crippen LogP) is 2.93. The minimum atomic E-state index is 0.756. The lowest BCUT2D eigenvalue weighted by Gasteiger charge is -2.23. The third-order valence-electron chi connectivity index (χ3n) is 2.52. The van der Waals surface area contributed by atoms with Crippen molar-refractivity contribution >= 4 is 21.6 Å². The lowest BCUT2D eigenvalue weighted by molar-refractivity contribution is 0.754. The molecular weight excluding hydrogens is 252 g/mol. The standard InChI is InChI=1S/C12H19BrN2/c1-3-15(8-4-7-14)11-5-6-12(13)10(2)9-11/h5-6,9H,3-4,7-8,14H2,1-2H3. The van der Waals surface area contributed by atoms with Crippen molar-refractivity contribution in [1.82, 2.24) is 0 Å². The molecule has 0 unspecified atom stereocenters. The van der Waals surface area contributed by atoms with E-state index in [1.54, 1.807) is 0 Å². The molecule has 0 atom stereocenters. The Hall–Kier alpha value is -0.540. The fourth-order valence-electron chi connectivity index (χ4n) is 1.58. The number of rotatable bonds is 5. The van der Waals surface area contributed by atoms with Crippen LogP contribution >= 0.6 is 15.9 Å². The van der Waals surface area contributed by atoms with Crippen LogP contribution in [0, 0.1) is 6.92 Å². The Kier molecular flexibility index (Phi) is 5.12. The van der Waals surface area contributed by atoms with Gasteiger partial charge in [-0.3, -0.25) is 0 Å². The molecular formula is C12H19BrN2. The van der Waals surface area contributed by atoms with Gasteiger partial charge in [-0.2, -0.15) is 0 Å². The Bertz CT molecular complexity index is 312. The van der Waals surface area contributed by atoms with Gasteiger partial charge in [-0.05, 0) is 50.6 Å². The van der Waals surface area contributed by atoms with Crippen LogP contribution in [0.5, 0.6) is 0 Å². The molecule has 2 N–H and O–H groups in total. The molecule has 1 aromatic carbocycles. The molecule has 0 aliphatic heterocycles. The smallest absolute Gasteiger partial charge is 0.0369 e. The molecule has 1 rings (SSSR count). The molecule has 0 amide bonds. The predicted molar refractivity (Wildman–Crippen MR) is 70.4 cm³/mol. The molecule has 0 aliphatic rings. The summed E-state index contributed by atoms with van der Waals surface area (Å²) in [6, 6.07) is 6.47. The van der Waals surface area contributed by atoms with Gasteiger partial charge in [0.2, 0.25) is 0 Å². The third kappa shape index (κ3) is 3.50. The lowest BCUT2D eigenvalue weighted by atomic mass is 10.2. The van der Waals surface area contributed by atoms with Gasteiger partial charge in [-0.15, -0.1) is 0 Å². The van der Waals surface area contributed by atoms with Crippen LogP contribution in [0.3, 0.4) is 0 Å². The molecule has 84 valence electrons. The van der Waals surface area contributed by atoms with Crippen LogP contribution in [0.4, 0.5) is 5.69 Å². The van der Waals surface area contributed by atoms with E-state index in [1.807, 2.05) is 0 Å². The van der Waals surface area contributed by atoms with Crippen molar-refractivity contribution in [2.75, 3.05) is 24.5 Å². The van der Waals surface area contributed by atoms with E-state index in [0.29, 0.717) is 0 Å². The zero-order chi connectivity index (χ0) is 11.3. The van der Waals surface area contributed by atoms with Gasteiger partial charge in [0, 0.05) is 23.2 Å². The molecule has 0 radical (unpaired) electrons. The van der Waals surface area contributed by atoms with Gasteiger partial charge < -0.3 is 10.6 Å². The van der Waals surface area contributed by atoms with Crippen LogP contribution in [-0.4, -0.2) is 19.6 Å². The van der Waals surface area contributed by atoms with E-state index in [1.165, 1.54) is 15.7 Å². The van der Waals surface area contributed by atoms with Crippen molar-refractivity contribution in [2.45, 2.75) is 20.3 Å². The quantitative estimate of drug-likeness (QED) is 0.892. The largest absolute Gasteiger partial charge is 0.372 e. The van der Waals surface area contributed by atoms with Gasteiger partial charge in [0.25, 0.3) is 0 Å². The number of halogens is 1. The van der Waals surface area contributed by atoms with E-state index in [2.05, 4.69) is 52.9 Å². The van der Waals surface area contributed by atoms with Crippen LogP contribution < -0.4 is 10.6 Å². The average molecular weight is 271 g/mol. The second-order valence-corrected chi connectivity index (χ2v) is 4.51. The van der Waals surface area contributed by atoms with Gasteiger partial charge in [-0.25, -0.2) is 0 Å². The molecule has 0 saturated carbocycles. The van der Waals surface area contributed by atoms with E-state index in [-0.39, 0.29) is 0 Å². The molecule has 0 saturated heterocycles. The van der Waals surface area contributed by atoms with Crippen molar-refractivity contribution in [2.24, 2.45) is 5.73 Å². The van der Waals surface area contributed by atoms with Gasteiger partial charge in [-0.1, -0.05) is 15.9 Å². The number of hydrogen-bond acceptors (Lipinski definition) is 2. The molecule has 0 spiro atoms.